The quantitative estimate of drug-likeness (QED) is 0.704. The van der Waals surface area contributed by atoms with E-state index in [9.17, 15) is 0 Å². The fourth-order valence-electron chi connectivity index (χ4n) is 1.32. The Morgan fingerprint density at radius 1 is 1.40 bits per heavy atom. The number of aryl methyl sites for hydroxylation is 2. The first-order valence-electron chi connectivity index (χ1n) is 4.91. The third-order valence-electron chi connectivity index (χ3n) is 2.15. The highest BCUT2D eigenvalue weighted by atomic mass is 35.5. The Hall–Kier alpha value is -0.580. The molecule has 1 rings (SSSR count). The number of hydrogen-bond acceptors (Lipinski definition) is 3. The largest absolute Gasteiger partial charge is 0.385 e. The molecule has 1 aromatic heterocycles. The Morgan fingerprint density at radius 2 is 2.13 bits per heavy atom. The van der Waals surface area contributed by atoms with Gasteiger partial charge in [0.15, 0.2) is 0 Å². The van der Waals surface area contributed by atoms with E-state index in [1.807, 2.05) is 14.0 Å². The molecule has 0 aliphatic rings. The average molecular weight is 233 g/mol. The van der Waals surface area contributed by atoms with E-state index >= 15 is 0 Å². The number of nitrogens with zero attached hydrogens (tertiary/aromatic N) is 2. The predicted octanol–water partition coefficient (Wildman–Crippen LogP) is 1.94. The molecule has 0 N–H and O–H groups in total. The van der Waals surface area contributed by atoms with Crippen molar-refractivity contribution in [3.8, 4) is 0 Å². The van der Waals surface area contributed by atoms with E-state index in [0.29, 0.717) is 18.4 Å². The first-order valence-corrected chi connectivity index (χ1v) is 5.29. The lowest BCUT2D eigenvalue weighted by Crippen LogP contribution is -2.00. The summed E-state index contributed by atoms with van der Waals surface area (Å²) in [5, 5.41) is 4.86. The highest BCUT2D eigenvalue weighted by Crippen LogP contribution is 2.19. The molecule has 0 fully saturated rings. The van der Waals surface area contributed by atoms with Gasteiger partial charge < -0.3 is 9.47 Å². The van der Waals surface area contributed by atoms with Gasteiger partial charge in [0.25, 0.3) is 0 Å². The van der Waals surface area contributed by atoms with E-state index < -0.39 is 0 Å². The zero-order chi connectivity index (χ0) is 11.3. The van der Waals surface area contributed by atoms with E-state index in [-0.39, 0.29) is 0 Å². The Kier molecular flexibility index (Phi) is 5.08. The molecule has 5 heteroatoms. The Morgan fingerprint density at radius 3 is 2.67 bits per heavy atom. The van der Waals surface area contributed by atoms with Crippen LogP contribution in [0.25, 0.3) is 0 Å². The SMILES string of the molecule is COCCCOCc1c(C)nn(C)c1Cl. The maximum absolute atomic E-state index is 6.05. The molecule has 0 bridgehead atoms. The Labute approximate surface area is 95.1 Å². The van der Waals surface area contributed by atoms with Crippen molar-refractivity contribution < 1.29 is 9.47 Å². The molecule has 86 valence electrons. The van der Waals surface area contributed by atoms with Gasteiger partial charge in [0.1, 0.15) is 5.15 Å². The third kappa shape index (κ3) is 3.48. The van der Waals surface area contributed by atoms with E-state index in [2.05, 4.69) is 5.10 Å². The lowest BCUT2D eigenvalue weighted by molar-refractivity contribution is 0.0926. The standard InChI is InChI=1S/C10H17ClN2O2/c1-8-9(10(11)13(2)12-8)7-15-6-4-5-14-3/h4-7H2,1-3H3. The van der Waals surface area contributed by atoms with Crippen LogP contribution in [0.1, 0.15) is 17.7 Å². The summed E-state index contributed by atoms with van der Waals surface area (Å²) < 4.78 is 12.1. The summed E-state index contributed by atoms with van der Waals surface area (Å²) in [5.41, 5.74) is 1.89. The van der Waals surface area contributed by atoms with Gasteiger partial charge in [-0.3, -0.25) is 4.68 Å². The Bertz CT molecular complexity index is 313. The van der Waals surface area contributed by atoms with Crippen LogP contribution in [0.5, 0.6) is 0 Å². The molecule has 0 aliphatic heterocycles. The van der Waals surface area contributed by atoms with Crippen molar-refractivity contribution in [1.82, 2.24) is 9.78 Å². The van der Waals surface area contributed by atoms with Gasteiger partial charge >= 0.3 is 0 Å². The summed E-state index contributed by atoms with van der Waals surface area (Å²) in [4.78, 5) is 0. The summed E-state index contributed by atoms with van der Waals surface area (Å²) in [6, 6.07) is 0. The molecular weight excluding hydrogens is 216 g/mol. The summed E-state index contributed by atoms with van der Waals surface area (Å²) in [6.07, 6.45) is 0.896. The number of rotatable bonds is 6. The van der Waals surface area contributed by atoms with Crippen LogP contribution in [0.15, 0.2) is 0 Å². The minimum Gasteiger partial charge on any atom is -0.385 e. The highest BCUT2D eigenvalue weighted by Gasteiger charge is 2.10. The molecule has 0 unspecified atom stereocenters. The number of aromatic nitrogens is 2. The van der Waals surface area contributed by atoms with Crippen LogP contribution in [0.2, 0.25) is 5.15 Å². The number of methoxy groups -OCH3 is 1. The second kappa shape index (κ2) is 6.10. The van der Waals surface area contributed by atoms with Crippen LogP contribution < -0.4 is 0 Å². The number of hydrogen-bond donors (Lipinski definition) is 0. The molecule has 0 aromatic carbocycles. The zero-order valence-corrected chi connectivity index (χ0v) is 10.2. The molecule has 0 saturated carbocycles. The lowest BCUT2D eigenvalue weighted by atomic mass is 10.3. The lowest BCUT2D eigenvalue weighted by Gasteiger charge is -2.03. The minimum absolute atomic E-state index is 0.516. The van der Waals surface area contributed by atoms with E-state index in [1.165, 1.54) is 0 Å². The molecule has 15 heavy (non-hydrogen) atoms. The maximum Gasteiger partial charge on any atom is 0.132 e. The van der Waals surface area contributed by atoms with Crippen molar-refractivity contribution in [3.05, 3.63) is 16.4 Å². The summed E-state index contributed by atoms with van der Waals surface area (Å²) in [5.74, 6) is 0. The smallest absolute Gasteiger partial charge is 0.132 e. The van der Waals surface area contributed by atoms with Crippen molar-refractivity contribution in [2.75, 3.05) is 20.3 Å². The van der Waals surface area contributed by atoms with Crippen LogP contribution in [0, 0.1) is 6.92 Å². The molecule has 0 radical (unpaired) electrons. The topological polar surface area (TPSA) is 36.3 Å². The molecule has 0 aliphatic carbocycles. The zero-order valence-electron chi connectivity index (χ0n) is 9.42. The molecule has 4 nitrogen and oxygen atoms in total. The van der Waals surface area contributed by atoms with Gasteiger partial charge in [-0.15, -0.1) is 0 Å². The van der Waals surface area contributed by atoms with Crippen LogP contribution in [-0.2, 0) is 23.1 Å². The van der Waals surface area contributed by atoms with Crippen molar-refractivity contribution in [3.63, 3.8) is 0 Å². The molecular formula is C10H17ClN2O2. The van der Waals surface area contributed by atoms with Gasteiger partial charge in [0.05, 0.1) is 12.3 Å². The van der Waals surface area contributed by atoms with Crippen molar-refractivity contribution >= 4 is 11.6 Å². The summed E-state index contributed by atoms with van der Waals surface area (Å²) in [7, 11) is 3.51. The van der Waals surface area contributed by atoms with Crippen molar-refractivity contribution in [2.24, 2.45) is 7.05 Å². The van der Waals surface area contributed by atoms with Gasteiger partial charge in [-0.1, -0.05) is 11.6 Å². The van der Waals surface area contributed by atoms with Gasteiger partial charge in [-0.05, 0) is 13.3 Å². The van der Waals surface area contributed by atoms with Gasteiger partial charge in [-0.25, -0.2) is 0 Å². The van der Waals surface area contributed by atoms with Crippen LogP contribution in [-0.4, -0.2) is 30.1 Å². The molecule has 1 heterocycles. The fraction of sp³-hybridized carbons (Fsp3) is 0.700. The molecule has 0 saturated heterocycles. The fourth-order valence-corrected chi connectivity index (χ4v) is 1.55. The van der Waals surface area contributed by atoms with E-state index in [0.717, 1.165) is 24.3 Å². The second-order valence-corrected chi connectivity index (χ2v) is 3.74. The van der Waals surface area contributed by atoms with Crippen LogP contribution in [0.3, 0.4) is 0 Å². The van der Waals surface area contributed by atoms with Crippen LogP contribution in [0.4, 0.5) is 0 Å². The second-order valence-electron chi connectivity index (χ2n) is 3.38. The monoisotopic (exact) mass is 232 g/mol. The highest BCUT2D eigenvalue weighted by molar-refractivity contribution is 6.30. The molecule has 0 spiro atoms. The van der Waals surface area contributed by atoms with Crippen molar-refractivity contribution in [1.29, 1.82) is 0 Å². The minimum atomic E-state index is 0.516. The number of ether oxygens (including phenoxy) is 2. The van der Waals surface area contributed by atoms with Gasteiger partial charge in [0, 0.05) is 32.9 Å². The average Bonchev–Trinajstić information content (AvgIpc) is 2.44. The molecule has 0 amide bonds. The summed E-state index contributed by atoms with van der Waals surface area (Å²) in [6.45, 7) is 3.85. The summed E-state index contributed by atoms with van der Waals surface area (Å²) >= 11 is 6.05. The first kappa shape index (κ1) is 12.5. The van der Waals surface area contributed by atoms with Crippen LogP contribution >= 0.6 is 11.6 Å². The predicted molar refractivity (Wildman–Crippen MR) is 59.1 cm³/mol. The van der Waals surface area contributed by atoms with Crippen molar-refractivity contribution in [2.45, 2.75) is 20.0 Å². The third-order valence-corrected chi connectivity index (χ3v) is 2.63. The van der Waals surface area contributed by atoms with Gasteiger partial charge in [0.2, 0.25) is 0 Å². The molecule has 1 aromatic rings. The first-order chi connectivity index (χ1) is 7.16. The normalized spacial score (nSPS) is 10.9. The van der Waals surface area contributed by atoms with Gasteiger partial charge in [-0.2, -0.15) is 5.10 Å². The number of halogens is 1. The van der Waals surface area contributed by atoms with E-state index in [4.69, 9.17) is 21.1 Å². The van der Waals surface area contributed by atoms with E-state index in [1.54, 1.807) is 11.8 Å². The molecule has 0 atom stereocenters. The Balaban J connectivity index is 2.37. The maximum atomic E-state index is 6.05.